The Kier molecular flexibility index (Phi) is 23.2. The lowest BCUT2D eigenvalue weighted by atomic mass is 9.88. The Morgan fingerprint density at radius 3 is 1.44 bits per heavy atom. The number of ether oxygens (including phenoxy) is 1. The molecule has 0 fully saturated rings. The first-order valence-electron chi connectivity index (χ1n) is 14.7. The molecule has 0 spiro atoms. The molecule has 0 aliphatic heterocycles. The van der Waals surface area contributed by atoms with Crippen molar-refractivity contribution in [1.82, 2.24) is 0 Å². The molecule has 0 N–H and O–H groups in total. The fourth-order valence-electron chi connectivity index (χ4n) is 5.06. The van der Waals surface area contributed by atoms with Crippen molar-refractivity contribution in [3.8, 4) is 0 Å². The van der Waals surface area contributed by atoms with Gasteiger partial charge in [0, 0.05) is 0 Å². The van der Waals surface area contributed by atoms with Crippen LogP contribution in [0.15, 0.2) is 0 Å². The van der Waals surface area contributed by atoms with E-state index in [9.17, 15) is 4.79 Å². The second-order valence-electron chi connectivity index (χ2n) is 10.8. The molecule has 0 saturated heterocycles. The first-order chi connectivity index (χ1) is 15.5. The van der Waals surface area contributed by atoms with Crippen molar-refractivity contribution >= 4 is 5.97 Å². The minimum absolute atomic E-state index is 0.0148. The highest BCUT2D eigenvalue weighted by Gasteiger charge is 2.19. The Morgan fingerprint density at radius 1 is 0.562 bits per heavy atom. The van der Waals surface area contributed by atoms with Crippen LogP contribution in [0.3, 0.4) is 0 Å². The van der Waals surface area contributed by atoms with Crippen LogP contribution in [-0.4, -0.2) is 12.6 Å². The first-order valence-corrected chi connectivity index (χ1v) is 14.7. The van der Waals surface area contributed by atoms with E-state index in [1.54, 1.807) is 0 Å². The van der Waals surface area contributed by atoms with Gasteiger partial charge in [-0.2, -0.15) is 0 Å². The molecule has 0 rings (SSSR count). The Morgan fingerprint density at radius 2 is 1.00 bits per heavy atom. The third kappa shape index (κ3) is 21.3. The van der Waals surface area contributed by atoms with E-state index >= 15 is 0 Å². The van der Waals surface area contributed by atoms with Gasteiger partial charge in [0.05, 0.1) is 12.5 Å². The minimum atomic E-state index is 0.0148. The number of hydrogen-bond acceptors (Lipinski definition) is 2. The number of esters is 1. The molecule has 0 aliphatic carbocycles. The zero-order chi connectivity index (χ0) is 23.9. The topological polar surface area (TPSA) is 26.3 Å². The van der Waals surface area contributed by atoms with E-state index in [2.05, 4.69) is 27.7 Å². The zero-order valence-electron chi connectivity index (χ0n) is 22.9. The summed E-state index contributed by atoms with van der Waals surface area (Å²) in [5.41, 5.74) is 0. The molecule has 0 bridgehead atoms. The molecular formula is C30H60O2. The van der Waals surface area contributed by atoms with Gasteiger partial charge in [-0.05, 0) is 31.1 Å². The third-order valence-electron chi connectivity index (χ3n) is 6.99. The van der Waals surface area contributed by atoms with E-state index in [0.29, 0.717) is 12.5 Å². The van der Waals surface area contributed by atoms with E-state index < -0.39 is 0 Å². The number of hydrogen-bond donors (Lipinski definition) is 0. The van der Waals surface area contributed by atoms with Gasteiger partial charge in [0.2, 0.25) is 0 Å². The molecule has 0 aromatic rings. The van der Waals surface area contributed by atoms with Gasteiger partial charge in [-0.25, -0.2) is 0 Å². The quantitative estimate of drug-likeness (QED) is 0.107. The van der Waals surface area contributed by atoms with Crippen molar-refractivity contribution in [2.24, 2.45) is 17.8 Å². The maximum atomic E-state index is 12.2. The molecule has 0 aromatic heterocycles. The van der Waals surface area contributed by atoms with Crippen LogP contribution in [0.25, 0.3) is 0 Å². The number of carbonyl (C=O) groups is 1. The smallest absolute Gasteiger partial charge is 0.308 e. The molecule has 0 aliphatic rings. The summed E-state index contributed by atoms with van der Waals surface area (Å²) in [5, 5.41) is 0. The number of unbranched alkanes of at least 4 members (excludes halogenated alkanes) is 15. The van der Waals surface area contributed by atoms with E-state index in [1.807, 2.05) is 6.92 Å². The maximum Gasteiger partial charge on any atom is 0.308 e. The summed E-state index contributed by atoms with van der Waals surface area (Å²) in [4.78, 5) is 12.2. The van der Waals surface area contributed by atoms with Gasteiger partial charge in [-0.1, -0.05) is 144 Å². The minimum Gasteiger partial charge on any atom is -0.465 e. The summed E-state index contributed by atoms with van der Waals surface area (Å²) in [7, 11) is 0. The maximum absolute atomic E-state index is 12.2. The van der Waals surface area contributed by atoms with E-state index in [0.717, 1.165) is 18.8 Å². The molecule has 32 heavy (non-hydrogen) atoms. The van der Waals surface area contributed by atoms with Crippen molar-refractivity contribution in [2.45, 2.75) is 163 Å². The van der Waals surface area contributed by atoms with Gasteiger partial charge in [0.25, 0.3) is 0 Å². The SMILES string of the molecule is CCCCCCCCCCCCCCCCCCOC(=O)C(C)CC(C)CC(C)CCC. The predicted octanol–water partition coefficient (Wildman–Crippen LogP) is 10.3. The summed E-state index contributed by atoms with van der Waals surface area (Å²) in [6.45, 7) is 11.8. The molecule has 0 aromatic carbocycles. The summed E-state index contributed by atoms with van der Waals surface area (Å²) in [5.74, 6) is 1.43. The highest BCUT2D eigenvalue weighted by Crippen LogP contribution is 2.23. The van der Waals surface area contributed by atoms with Crippen LogP contribution in [0.5, 0.6) is 0 Å². The normalized spacial score (nSPS) is 14.3. The highest BCUT2D eigenvalue weighted by atomic mass is 16.5. The van der Waals surface area contributed by atoms with Crippen molar-refractivity contribution < 1.29 is 9.53 Å². The lowest BCUT2D eigenvalue weighted by Gasteiger charge is -2.19. The van der Waals surface area contributed by atoms with Crippen LogP contribution in [0.4, 0.5) is 0 Å². The molecule has 2 heteroatoms. The average molecular weight is 453 g/mol. The van der Waals surface area contributed by atoms with Crippen molar-refractivity contribution in [3.05, 3.63) is 0 Å². The fourth-order valence-corrected chi connectivity index (χ4v) is 5.06. The fraction of sp³-hybridized carbons (Fsp3) is 0.967. The van der Waals surface area contributed by atoms with Crippen molar-refractivity contribution in [1.29, 1.82) is 0 Å². The standard InChI is InChI=1S/C30H60O2/c1-6-8-9-10-11-12-13-14-15-16-17-18-19-20-21-22-24-32-30(31)29(5)26-28(4)25-27(3)23-7-2/h27-29H,6-26H2,1-5H3. The van der Waals surface area contributed by atoms with Crippen LogP contribution in [0.2, 0.25) is 0 Å². The molecule has 3 unspecified atom stereocenters. The van der Waals surface area contributed by atoms with E-state index in [1.165, 1.54) is 116 Å². The summed E-state index contributed by atoms with van der Waals surface area (Å²) < 4.78 is 5.54. The summed E-state index contributed by atoms with van der Waals surface area (Å²) in [6, 6.07) is 0. The molecule has 0 radical (unpaired) electrons. The predicted molar refractivity (Wildman–Crippen MR) is 142 cm³/mol. The molecular weight excluding hydrogens is 392 g/mol. The number of carbonyl (C=O) groups excluding carboxylic acids is 1. The third-order valence-corrected chi connectivity index (χ3v) is 6.99. The largest absolute Gasteiger partial charge is 0.465 e. The van der Waals surface area contributed by atoms with Crippen LogP contribution in [0.1, 0.15) is 163 Å². The molecule has 0 saturated carbocycles. The summed E-state index contributed by atoms with van der Waals surface area (Å²) in [6.07, 6.45) is 26.7. The highest BCUT2D eigenvalue weighted by molar-refractivity contribution is 5.71. The monoisotopic (exact) mass is 452 g/mol. The Balaban J connectivity index is 3.39. The van der Waals surface area contributed by atoms with Crippen molar-refractivity contribution in [2.75, 3.05) is 6.61 Å². The van der Waals surface area contributed by atoms with Crippen LogP contribution in [0, 0.1) is 17.8 Å². The lowest BCUT2D eigenvalue weighted by Crippen LogP contribution is -2.18. The first kappa shape index (κ1) is 31.5. The van der Waals surface area contributed by atoms with E-state index in [-0.39, 0.29) is 11.9 Å². The van der Waals surface area contributed by atoms with Crippen LogP contribution in [-0.2, 0) is 9.53 Å². The second-order valence-corrected chi connectivity index (χ2v) is 10.8. The van der Waals surface area contributed by atoms with E-state index in [4.69, 9.17) is 4.74 Å². The second kappa shape index (κ2) is 23.6. The molecule has 3 atom stereocenters. The number of rotatable bonds is 24. The van der Waals surface area contributed by atoms with Crippen LogP contribution < -0.4 is 0 Å². The molecule has 0 heterocycles. The Hall–Kier alpha value is -0.530. The average Bonchev–Trinajstić information content (AvgIpc) is 2.75. The summed E-state index contributed by atoms with van der Waals surface area (Å²) >= 11 is 0. The molecule has 0 amide bonds. The molecule has 192 valence electrons. The van der Waals surface area contributed by atoms with Gasteiger partial charge in [-0.15, -0.1) is 0 Å². The Labute approximate surface area is 203 Å². The zero-order valence-corrected chi connectivity index (χ0v) is 22.9. The molecule has 2 nitrogen and oxygen atoms in total. The van der Waals surface area contributed by atoms with Gasteiger partial charge in [-0.3, -0.25) is 4.79 Å². The lowest BCUT2D eigenvalue weighted by molar-refractivity contribution is -0.148. The van der Waals surface area contributed by atoms with Gasteiger partial charge < -0.3 is 4.74 Å². The Bertz CT molecular complexity index is 392. The van der Waals surface area contributed by atoms with Gasteiger partial charge >= 0.3 is 5.97 Å². The van der Waals surface area contributed by atoms with Gasteiger partial charge in [0.15, 0.2) is 0 Å². The van der Waals surface area contributed by atoms with Gasteiger partial charge in [0.1, 0.15) is 0 Å². The van der Waals surface area contributed by atoms with Crippen molar-refractivity contribution in [3.63, 3.8) is 0 Å². The van der Waals surface area contributed by atoms with Crippen LogP contribution >= 0.6 is 0 Å².